The van der Waals surface area contributed by atoms with Crippen molar-refractivity contribution < 1.29 is 28.5 Å². The van der Waals surface area contributed by atoms with Crippen molar-refractivity contribution >= 4 is 46.4 Å². The van der Waals surface area contributed by atoms with Crippen molar-refractivity contribution in [2.24, 2.45) is 5.92 Å². The fourth-order valence-electron chi connectivity index (χ4n) is 4.83. The van der Waals surface area contributed by atoms with Gasteiger partial charge in [-0.2, -0.15) is 0 Å². The number of ketones is 2. The van der Waals surface area contributed by atoms with Crippen molar-refractivity contribution in [2.75, 3.05) is 14.2 Å². The molecule has 0 fully saturated rings. The maximum absolute atomic E-state index is 13.9. The number of carbonyl (C=O) groups excluding carboxylic acids is 2. The van der Waals surface area contributed by atoms with Crippen LogP contribution in [0.4, 0.5) is 0 Å². The van der Waals surface area contributed by atoms with E-state index in [4.69, 9.17) is 53.8 Å². The quantitative estimate of drug-likeness (QED) is 0.505. The standard InChI is InChI=1S/C24H19Cl3O6/c1-10-6-15(28)12-8-16(11-4-5-13(25)14(26)7-11)32-23(12)24(10)22(29)19-17(30-2)9-18(31-3)20(27)21(19)33-24/h4-5,7,9-10,16H,6,8H2,1-3H3/t10-,16+,24-/m1/s1. The molecule has 2 heterocycles. The number of hydrogen-bond donors (Lipinski definition) is 0. The smallest absolute Gasteiger partial charge is 0.231 e. The monoisotopic (exact) mass is 508 g/mol. The average molecular weight is 510 g/mol. The van der Waals surface area contributed by atoms with Crippen LogP contribution >= 0.6 is 34.8 Å². The van der Waals surface area contributed by atoms with Gasteiger partial charge in [-0.15, -0.1) is 0 Å². The lowest BCUT2D eigenvalue weighted by molar-refractivity contribution is -0.119. The highest BCUT2D eigenvalue weighted by molar-refractivity contribution is 6.42. The first-order valence-corrected chi connectivity index (χ1v) is 11.4. The minimum atomic E-state index is -1.53. The summed E-state index contributed by atoms with van der Waals surface area (Å²) in [6, 6.07) is 6.70. The predicted molar refractivity (Wildman–Crippen MR) is 123 cm³/mol. The topological polar surface area (TPSA) is 71.1 Å². The number of hydrogen-bond acceptors (Lipinski definition) is 6. The van der Waals surface area contributed by atoms with E-state index in [1.807, 2.05) is 0 Å². The number of benzene rings is 2. The normalized spacial score (nSPS) is 25.6. The van der Waals surface area contributed by atoms with E-state index in [0.29, 0.717) is 27.8 Å². The number of methoxy groups -OCH3 is 2. The predicted octanol–water partition coefficient (Wildman–Crippen LogP) is 6.00. The molecule has 0 unspecified atom stereocenters. The van der Waals surface area contributed by atoms with Crippen LogP contribution in [0.15, 0.2) is 35.6 Å². The molecule has 172 valence electrons. The Hall–Kier alpha value is -2.41. The molecule has 0 radical (unpaired) electrons. The first kappa shape index (κ1) is 22.4. The second kappa shape index (κ2) is 7.83. The van der Waals surface area contributed by atoms with Gasteiger partial charge in [0.1, 0.15) is 28.2 Å². The third kappa shape index (κ3) is 3.07. The van der Waals surface area contributed by atoms with E-state index in [0.717, 1.165) is 5.56 Å². The first-order chi connectivity index (χ1) is 15.7. The Morgan fingerprint density at radius 2 is 1.73 bits per heavy atom. The summed E-state index contributed by atoms with van der Waals surface area (Å²) >= 11 is 18.8. The van der Waals surface area contributed by atoms with Gasteiger partial charge in [-0.3, -0.25) is 9.59 Å². The van der Waals surface area contributed by atoms with Crippen LogP contribution in [0.25, 0.3) is 0 Å². The molecule has 0 amide bonds. The van der Waals surface area contributed by atoms with Crippen LogP contribution in [0.1, 0.15) is 41.8 Å². The number of fused-ring (bicyclic) bond motifs is 2. The minimum absolute atomic E-state index is 0.0753. The molecule has 0 aromatic heterocycles. The van der Waals surface area contributed by atoms with Gasteiger partial charge in [0.05, 0.1) is 24.3 Å². The van der Waals surface area contributed by atoms with Crippen molar-refractivity contribution in [3.8, 4) is 17.2 Å². The van der Waals surface area contributed by atoms with Gasteiger partial charge in [0, 0.05) is 30.4 Å². The van der Waals surface area contributed by atoms with Crippen molar-refractivity contribution in [1.29, 1.82) is 0 Å². The number of halogens is 3. The molecule has 0 saturated heterocycles. The van der Waals surface area contributed by atoms with Crippen molar-refractivity contribution in [2.45, 2.75) is 31.5 Å². The lowest BCUT2D eigenvalue weighted by Crippen LogP contribution is -2.52. The van der Waals surface area contributed by atoms with Gasteiger partial charge in [-0.1, -0.05) is 47.8 Å². The molecule has 33 heavy (non-hydrogen) atoms. The van der Waals surface area contributed by atoms with Gasteiger partial charge in [0.15, 0.2) is 17.3 Å². The van der Waals surface area contributed by atoms with Gasteiger partial charge in [0.2, 0.25) is 11.4 Å². The van der Waals surface area contributed by atoms with Gasteiger partial charge >= 0.3 is 0 Å². The highest BCUT2D eigenvalue weighted by Gasteiger charge is 2.63. The molecule has 2 aromatic rings. The van der Waals surface area contributed by atoms with Crippen molar-refractivity contribution in [3.63, 3.8) is 0 Å². The van der Waals surface area contributed by atoms with Crippen molar-refractivity contribution in [1.82, 2.24) is 0 Å². The molecule has 2 aromatic carbocycles. The summed E-state index contributed by atoms with van der Waals surface area (Å²) in [5, 5.41) is 0.947. The Bertz CT molecular complexity index is 1250. The van der Waals surface area contributed by atoms with Crippen LogP contribution in [0.2, 0.25) is 15.1 Å². The molecule has 0 N–H and O–H groups in total. The molecule has 1 spiro atoms. The zero-order valence-corrected chi connectivity index (χ0v) is 20.2. The first-order valence-electron chi connectivity index (χ1n) is 10.3. The molecule has 3 aliphatic rings. The Morgan fingerprint density at radius 3 is 2.39 bits per heavy atom. The van der Waals surface area contributed by atoms with Crippen LogP contribution in [-0.4, -0.2) is 31.4 Å². The van der Waals surface area contributed by atoms with Crippen molar-refractivity contribution in [3.05, 3.63) is 61.8 Å². The largest absolute Gasteiger partial charge is 0.496 e. The molecule has 3 atom stereocenters. The van der Waals surface area contributed by atoms with E-state index in [2.05, 4.69) is 0 Å². The van der Waals surface area contributed by atoms with Gasteiger partial charge < -0.3 is 18.9 Å². The molecule has 2 aliphatic heterocycles. The van der Waals surface area contributed by atoms with Crippen LogP contribution in [0.5, 0.6) is 17.2 Å². The summed E-state index contributed by atoms with van der Waals surface area (Å²) in [6.45, 7) is 1.79. The Kier molecular flexibility index (Phi) is 5.31. The fourth-order valence-corrected chi connectivity index (χ4v) is 5.40. The zero-order chi connectivity index (χ0) is 23.7. The SMILES string of the molecule is COc1cc(OC)c2c(c1Cl)O[C@]1(C2=O)C2=C(C[C@@H](c3ccc(Cl)c(Cl)c3)O2)C(=O)C[C@H]1C. The number of rotatable bonds is 3. The van der Waals surface area contributed by atoms with E-state index in [9.17, 15) is 9.59 Å². The van der Waals surface area contributed by atoms with Crippen LogP contribution in [-0.2, 0) is 9.53 Å². The van der Waals surface area contributed by atoms with E-state index in [1.54, 1.807) is 31.2 Å². The molecular formula is C24H19Cl3O6. The Balaban J connectivity index is 1.63. The van der Waals surface area contributed by atoms with E-state index in [1.165, 1.54) is 14.2 Å². The number of carbonyl (C=O) groups is 2. The van der Waals surface area contributed by atoms with Gasteiger partial charge in [0.25, 0.3) is 0 Å². The van der Waals surface area contributed by atoms with E-state index in [-0.39, 0.29) is 45.8 Å². The molecule has 6 nitrogen and oxygen atoms in total. The van der Waals surface area contributed by atoms with E-state index < -0.39 is 17.6 Å². The molecule has 5 rings (SSSR count). The summed E-state index contributed by atoms with van der Waals surface area (Å²) in [4.78, 5) is 26.9. The lowest BCUT2D eigenvalue weighted by Gasteiger charge is -2.37. The minimum Gasteiger partial charge on any atom is -0.496 e. The van der Waals surface area contributed by atoms with Crippen LogP contribution < -0.4 is 14.2 Å². The van der Waals surface area contributed by atoms with Crippen LogP contribution in [0.3, 0.4) is 0 Å². The highest BCUT2D eigenvalue weighted by Crippen LogP contribution is 2.58. The van der Waals surface area contributed by atoms with Crippen LogP contribution in [0, 0.1) is 5.92 Å². The third-order valence-corrected chi connectivity index (χ3v) is 7.61. The molecule has 1 aliphatic carbocycles. The van der Waals surface area contributed by atoms with Gasteiger partial charge in [-0.25, -0.2) is 0 Å². The summed E-state index contributed by atoms with van der Waals surface area (Å²) in [5.74, 6) is 0.0382. The summed E-state index contributed by atoms with van der Waals surface area (Å²) in [6.07, 6.45) is -0.0857. The molecular weight excluding hydrogens is 491 g/mol. The third-order valence-electron chi connectivity index (χ3n) is 6.52. The highest BCUT2D eigenvalue weighted by atomic mass is 35.5. The average Bonchev–Trinajstić information content (AvgIpc) is 3.37. The Labute approximate surface area is 205 Å². The second-order valence-corrected chi connectivity index (χ2v) is 9.48. The molecule has 0 saturated carbocycles. The fraction of sp³-hybridized carbons (Fsp3) is 0.333. The Morgan fingerprint density at radius 1 is 1.00 bits per heavy atom. The summed E-state index contributed by atoms with van der Waals surface area (Å²) < 4.78 is 23.4. The number of ether oxygens (including phenoxy) is 4. The summed E-state index contributed by atoms with van der Waals surface area (Å²) in [5.41, 5.74) is -0.139. The summed E-state index contributed by atoms with van der Waals surface area (Å²) in [7, 11) is 2.91. The molecule has 9 heteroatoms. The maximum atomic E-state index is 13.9. The number of Topliss-reactive ketones (excluding diaryl/α,β-unsaturated/α-hetero) is 2. The van der Waals surface area contributed by atoms with Gasteiger partial charge in [-0.05, 0) is 17.7 Å². The maximum Gasteiger partial charge on any atom is 0.231 e. The zero-order valence-electron chi connectivity index (χ0n) is 18.0. The molecule has 0 bridgehead atoms. The van der Waals surface area contributed by atoms with E-state index >= 15 is 0 Å². The second-order valence-electron chi connectivity index (χ2n) is 8.29. The lowest BCUT2D eigenvalue weighted by atomic mass is 9.73.